The lowest BCUT2D eigenvalue weighted by Crippen LogP contribution is -2.10. The number of benzene rings is 2. The van der Waals surface area contributed by atoms with Crippen LogP contribution in [0.15, 0.2) is 48.5 Å². The average Bonchev–Trinajstić information content (AvgIpc) is 2.92. The van der Waals surface area contributed by atoms with Crippen molar-refractivity contribution in [3.05, 3.63) is 65.4 Å². The van der Waals surface area contributed by atoms with Crippen LogP contribution in [-0.2, 0) is 11.3 Å². The first-order chi connectivity index (χ1) is 12.2. The van der Waals surface area contributed by atoms with Gasteiger partial charge in [0.1, 0.15) is 12.4 Å². The van der Waals surface area contributed by atoms with Crippen molar-refractivity contribution in [1.82, 2.24) is 4.57 Å². The van der Waals surface area contributed by atoms with Gasteiger partial charge in [0.05, 0.1) is 19.2 Å². The van der Waals surface area contributed by atoms with Crippen LogP contribution >= 0.6 is 0 Å². The van der Waals surface area contributed by atoms with E-state index >= 15 is 0 Å². The summed E-state index contributed by atoms with van der Waals surface area (Å²) in [7, 11) is 1.35. The molecule has 0 aliphatic rings. The second-order valence-electron chi connectivity index (χ2n) is 5.65. The number of hydrogen-bond acceptors (Lipinski definition) is 4. The van der Waals surface area contributed by atoms with Crippen molar-refractivity contribution in [2.45, 2.75) is 13.5 Å². The van der Waals surface area contributed by atoms with Gasteiger partial charge in [-0.3, -0.25) is 4.79 Å². The number of ether oxygens (including phenoxy) is 2. The molecule has 0 atom stereocenters. The maximum Gasteiger partial charge on any atom is 0.337 e. The number of rotatable bonds is 6. The van der Waals surface area contributed by atoms with Gasteiger partial charge in [0.25, 0.3) is 0 Å². The molecule has 0 amide bonds. The highest BCUT2D eigenvalue weighted by molar-refractivity contribution is 5.99. The van der Waals surface area contributed by atoms with Crippen molar-refractivity contribution in [2.75, 3.05) is 13.7 Å². The third-order valence-electron chi connectivity index (χ3n) is 4.24. The Labute approximate surface area is 145 Å². The van der Waals surface area contributed by atoms with Gasteiger partial charge in [-0.15, -0.1) is 0 Å². The Balaban J connectivity index is 1.77. The molecule has 1 heterocycles. The van der Waals surface area contributed by atoms with Crippen molar-refractivity contribution in [3.8, 4) is 5.75 Å². The molecule has 0 spiro atoms. The van der Waals surface area contributed by atoms with Gasteiger partial charge >= 0.3 is 5.97 Å². The standard InChI is InChI=1S/C20H19NO4/c1-14-18(13-22)17-8-3-4-9-19(17)21(14)10-11-25-16-7-5-6-15(12-16)20(23)24-2/h3-9,12-13H,10-11H2,1-2H3. The second kappa shape index (κ2) is 7.21. The summed E-state index contributed by atoms with van der Waals surface area (Å²) in [6, 6.07) is 14.7. The van der Waals surface area contributed by atoms with E-state index in [4.69, 9.17) is 9.47 Å². The minimum absolute atomic E-state index is 0.395. The molecule has 0 fully saturated rings. The topological polar surface area (TPSA) is 57.5 Å². The minimum Gasteiger partial charge on any atom is -0.492 e. The molecule has 2 aromatic carbocycles. The fourth-order valence-corrected chi connectivity index (χ4v) is 2.98. The molecule has 3 aromatic rings. The number of aldehydes is 1. The average molecular weight is 337 g/mol. The van der Waals surface area contributed by atoms with Crippen molar-refractivity contribution < 1.29 is 19.1 Å². The fraction of sp³-hybridized carbons (Fsp3) is 0.200. The van der Waals surface area contributed by atoms with Gasteiger partial charge in [0.15, 0.2) is 6.29 Å². The Kier molecular flexibility index (Phi) is 4.84. The van der Waals surface area contributed by atoms with Gasteiger partial charge in [-0.1, -0.05) is 24.3 Å². The van der Waals surface area contributed by atoms with Gasteiger partial charge < -0.3 is 14.0 Å². The summed E-state index contributed by atoms with van der Waals surface area (Å²) in [6.07, 6.45) is 0.898. The van der Waals surface area contributed by atoms with E-state index in [1.807, 2.05) is 31.2 Å². The van der Waals surface area contributed by atoms with Crippen LogP contribution in [0.4, 0.5) is 0 Å². The van der Waals surface area contributed by atoms with Crippen LogP contribution in [0.1, 0.15) is 26.4 Å². The summed E-state index contributed by atoms with van der Waals surface area (Å²) in [4.78, 5) is 23.0. The Morgan fingerprint density at radius 3 is 2.72 bits per heavy atom. The van der Waals surface area contributed by atoms with Crippen molar-refractivity contribution >= 4 is 23.2 Å². The van der Waals surface area contributed by atoms with Gasteiger partial charge in [-0.2, -0.15) is 0 Å². The summed E-state index contributed by atoms with van der Waals surface area (Å²) < 4.78 is 12.6. The van der Waals surface area contributed by atoms with E-state index in [2.05, 4.69) is 4.57 Å². The SMILES string of the molecule is COC(=O)c1cccc(OCCn2c(C)c(C=O)c3ccccc32)c1. The number of carbonyl (C=O) groups is 2. The monoisotopic (exact) mass is 337 g/mol. The molecular weight excluding hydrogens is 318 g/mol. The van der Waals surface area contributed by atoms with Crippen LogP contribution in [0, 0.1) is 6.92 Å². The molecule has 25 heavy (non-hydrogen) atoms. The molecule has 0 saturated carbocycles. The molecule has 0 N–H and O–H groups in total. The van der Waals surface area contributed by atoms with E-state index in [1.165, 1.54) is 7.11 Å². The normalized spacial score (nSPS) is 10.6. The summed E-state index contributed by atoms with van der Waals surface area (Å²) in [5, 5.41) is 0.947. The third-order valence-corrected chi connectivity index (χ3v) is 4.24. The molecule has 1 aromatic heterocycles. The molecule has 0 radical (unpaired) electrons. The van der Waals surface area contributed by atoms with Gasteiger partial charge in [0, 0.05) is 22.2 Å². The maximum absolute atomic E-state index is 11.6. The van der Waals surface area contributed by atoms with E-state index in [9.17, 15) is 9.59 Å². The Morgan fingerprint density at radius 2 is 1.96 bits per heavy atom. The second-order valence-corrected chi connectivity index (χ2v) is 5.65. The van der Waals surface area contributed by atoms with E-state index in [1.54, 1.807) is 24.3 Å². The lowest BCUT2D eigenvalue weighted by molar-refractivity contribution is 0.0600. The zero-order valence-corrected chi connectivity index (χ0v) is 14.2. The van der Waals surface area contributed by atoms with Gasteiger partial charge in [0.2, 0.25) is 0 Å². The van der Waals surface area contributed by atoms with Crippen LogP contribution in [0.5, 0.6) is 5.75 Å². The predicted octanol–water partition coefficient (Wildman–Crippen LogP) is 3.63. The molecule has 3 rings (SSSR count). The predicted molar refractivity (Wildman–Crippen MR) is 95.3 cm³/mol. The van der Waals surface area contributed by atoms with E-state index in [0.717, 1.165) is 22.9 Å². The molecule has 128 valence electrons. The van der Waals surface area contributed by atoms with Crippen LogP contribution in [0.25, 0.3) is 10.9 Å². The largest absolute Gasteiger partial charge is 0.492 e. The van der Waals surface area contributed by atoms with E-state index < -0.39 is 5.97 Å². The minimum atomic E-state index is -0.395. The van der Waals surface area contributed by atoms with Crippen LogP contribution in [0.3, 0.4) is 0 Å². The summed E-state index contributed by atoms with van der Waals surface area (Å²) in [5.41, 5.74) is 3.09. The van der Waals surface area contributed by atoms with Crippen LogP contribution in [0.2, 0.25) is 0 Å². The Morgan fingerprint density at radius 1 is 1.16 bits per heavy atom. The van der Waals surface area contributed by atoms with E-state index in [-0.39, 0.29) is 0 Å². The van der Waals surface area contributed by atoms with E-state index in [0.29, 0.717) is 30.0 Å². The van der Waals surface area contributed by atoms with Crippen LogP contribution in [-0.4, -0.2) is 30.5 Å². The van der Waals surface area contributed by atoms with Gasteiger partial charge in [-0.05, 0) is 31.2 Å². The van der Waals surface area contributed by atoms with Crippen molar-refractivity contribution in [2.24, 2.45) is 0 Å². The number of para-hydroxylation sites is 1. The van der Waals surface area contributed by atoms with Gasteiger partial charge in [-0.25, -0.2) is 4.79 Å². The lowest BCUT2D eigenvalue weighted by atomic mass is 10.1. The Hall–Kier alpha value is -3.08. The quantitative estimate of drug-likeness (QED) is 0.509. The number of aromatic nitrogens is 1. The lowest BCUT2D eigenvalue weighted by Gasteiger charge is -2.11. The highest BCUT2D eigenvalue weighted by atomic mass is 16.5. The molecule has 5 heteroatoms. The molecule has 5 nitrogen and oxygen atoms in total. The molecule has 0 saturated heterocycles. The molecule has 0 aliphatic heterocycles. The number of hydrogen-bond donors (Lipinski definition) is 0. The highest BCUT2D eigenvalue weighted by Gasteiger charge is 2.13. The molecule has 0 aliphatic carbocycles. The number of methoxy groups -OCH3 is 1. The third kappa shape index (κ3) is 3.26. The number of fused-ring (bicyclic) bond motifs is 1. The maximum atomic E-state index is 11.6. The highest BCUT2D eigenvalue weighted by Crippen LogP contribution is 2.24. The number of esters is 1. The zero-order valence-electron chi connectivity index (χ0n) is 14.2. The Bertz CT molecular complexity index is 927. The summed E-state index contributed by atoms with van der Waals surface area (Å²) >= 11 is 0. The van der Waals surface area contributed by atoms with Crippen molar-refractivity contribution in [1.29, 1.82) is 0 Å². The van der Waals surface area contributed by atoms with Crippen molar-refractivity contribution in [3.63, 3.8) is 0 Å². The molecular formula is C20H19NO4. The zero-order chi connectivity index (χ0) is 17.8. The molecule has 0 unspecified atom stereocenters. The number of carbonyl (C=O) groups excluding carboxylic acids is 2. The smallest absolute Gasteiger partial charge is 0.337 e. The number of nitrogens with zero attached hydrogens (tertiary/aromatic N) is 1. The summed E-state index contributed by atoms with van der Waals surface area (Å²) in [6.45, 7) is 2.95. The fourth-order valence-electron chi connectivity index (χ4n) is 2.98. The first-order valence-electron chi connectivity index (χ1n) is 8.00. The van der Waals surface area contributed by atoms with Crippen LogP contribution < -0.4 is 4.74 Å². The first-order valence-corrected chi connectivity index (χ1v) is 8.00. The first kappa shape index (κ1) is 16.8. The molecule has 0 bridgehead atoms. The summed E-state index contributed by atoms with van der Waals surface area (Å²) in [5.74, 6) is 0.209.